The Morgan fingerprint density at radius 2 is 1.69 bits per heavy atom. The van der Waals surface area contributed by atoms with Gasteiger partial charge < -0.3 is 9.47 Å². The zero-order valence-electron chi connectivity index (χ0n) is 16.1. The fourth-order valence-corrected chi connectivity index (χ4v) is 4.64. The molecule has 2 aromatic carbocycles. The number of carbonyl (C=O) groups excluding carboxylic acids is 2. The maximum Gasteiger partial charge on any atom is 0.289 e. The van der Waals surface area contributed by atoms with Crippen molar-refractivity contribution in [3.8, 4) is 11.5 Å². The van der Waals surface area contributed by atoms with Crippen LogP contribution in [-0.4, -0.2) is 34.5 Å². The van der Waals surface area contributed by atoms with Crippen LogP contribution in [0.3, 0.4) is 0 Å². The Balaban J connectivity index is 1.76. The van der Waals surface area contributed by atoms with Gasteiger partial charge in [-0.25, -0.2) is 0 Å². The second-order valence-corrected chi connectivity index (χ2v) is 8.83. The number of hydrogen-bond acceptors (Lipinski definition) is 5. The van der Waals surface area contributed by atoms with Crippen LogP contribution in [0.25, 0.3) is 0 Å². The predicted octanol–water partition coefficient (Wildman–Crippen LogP) is 5.71. The first-order valence-electron chi connectivity index (χ1n) is 9.27. The van der Waals surface area contributed by atoms with Crippen LogP contribution >= 0.6 is 39.3 Å². The highest BCUT2D eigenvalue weighted by Crippen LogP contribution is 2.37. The van der Waals surface area contributed by atoms with E-state index in [1.807, 2.05) is 38.1 Å². The van der Waals surface area contributed by atoms with E-state index in [0.717, 1.165) is 27.4 Å². The monoisotopic (exact) mass is 497 g/mol. The van der Waals surface area contributed by atoms with E-state index in [9.17, 15) is 9.59 Å². The van der Waals surface area contributed by atoms with E-state index >= 15 is 0 Å². The van der Waals surface area contributed by atoms with Crippen molar-refractivity contribution in [2.45, 2.75) is 32.1 Å². The van der Waals surface area contributed by atoms with Gasteiger partial charge in [0, 0.05) is 9.50 Å². The maximum atomic E-state index is 12.9. The molecule has 0 saturated carbocycles. The number of halogens is 2. The molecule has 0 spiro atoms. The summed E-state index contributed by atoms with van der Waals surface area (Å²) >= 11 is 10.5. The van der Waals surface area contributed by atoms with E-state index in [1.165, 1.54) is 4.90 Å². The average molecular weight is 499 g/mol. The lowest BCUT2D eigenvalue weighted by Gasteiger charge is -2.16. The highest BCUT2D eigenvalue weighted by atomic mass is 79.9. The van der Waals surface area contributed by atoms with E-state index in [2.05, 4.69) is 15.9 Å². The molecule has 0 bridgehead atoms. The zero-order valence-corrected chi connectivity index (χ0v) is 19.3. The van der Waals surface area contributed by atoms with Crippen molar-refractivity contribution in [1.29, 1.82) is 0 Å². The quantitative estimate of drug-likeness (QED) is 0.467. The SMILES string of the molecule is CCOc1cc(Br)c(C[C@@H]2SC(=O)N(Cc3ccc(Cl)cc3)C2=O)cc1OCC. The molecule has 154 valence electrons. The van der Waals surface area contributed by atoms with Crippen LogP contribution in [0, 0.1) is 0 Å². The van der Waals surface area contributed by atoms with Gasteiger partial charge in [0.25, 0.3) is 5.24 Å². The molecule has 1 aliphatic rings. The van der Waals surface area contributed by atoms with Crippen molar-refractivity contribution in [1.82, 2.24) is 4.90 Å². The molecule has 1 atom stereocenters. The van der Waals surface area contributed by atoms with Crippen LogP contribution in [0.4, 0.5) is 4.79 Å². The molecule has 3 rings (SSSR count). The van der Waals surface area contributed by atoms with Gasteiger partial charge in [-0.2, -0.15) is 0 Å². The summed E-state index contributed by atoms with van der Waals surface area (Å²) in [5.41, 5.74) is 1.75. The van der Waals surface area contributed by atoms with Crippen molar-refractivity contribution in [3.05, 3.63) is 57.0 Å². The summed E-state index contributed by atoms with van der Waals surface area (Å²) in [6.45, 7) is 5.09. The maximum absolute atomic E-state index is 12.9. The average Bonchev–Trinajstić information content (AvgIpc) is 2.95. The number of hydrogen-bond donors (Lipinski definition) is 0. The highest BCUT2D eigenvalue weighted by Gasteiger charge is 2.39. The number of carbonyl (C=O) groups is 2. The molecular formula is C21H21BrClNO4S. The number of ether oxygens (including phenoxy) is 2. The fraction of sp³-hybridized carbons (Fsp3) is 0.333. The van der Waals surface area contributed by atoms with Crippen LogP contribution in [0.1, 0.15) is 25.0 Å². The van der Waals surface area contributed by atoms with Crippen LogP contribution in [-0.2, 0) is 17.8 Å². The Kier molecular flexibility index (Phi) is 7.49. The van der Waals surface area contributed by atoms with Gasteiger partial charge in [-0.15, -0.1) is 0 Å². The molecule has 2 aromatic rings. The molecule has 1 fully saturated rings. The lowest BCUT2D eigenvalue weighted by Crippen LogP contribution is -2.31. The van der Waals surface area contributed by atoms with Gasteiger partial charge in [0.15, 0.2) is 11.5 Å². The van der Waals surface area contributed by atoms with Crippen LogP contribution in [0.15, 0.2) is 40.9 Å². The Labute approximate surface area is 187 Å². The van der Waals surface area contributed by atoms with Crippen molar-refractivity contribution < 1.29 is 19.1 Å². The third-order valence-corrected chi connectivity index (χ3v) is 6.44. The second-order valence-electron chi connectivity index (χ2n) is 6.38. The topological polar surface area (TPSA) is 55.8 Å². The Bertz CT molecular complexity index is 906. The first-order chi connectivity index (χ1) is 13.9. The number of thioether (sulfide) groups is 1. The molecular weight excluding hydrogens is 478 g/mol. The third kappa shape index (κ3) is 5.27. The molecule has 5 nitrogen and oxygen atoms in total. The molecule has 1 heterocycles. The van der Waals surface area contributed by atoms with E-state index in [0.29, 0.717) is 36.2 Å². The first kappa shape index (κ1) is 22.0. The largest absolute Gasteiger partial charge is 0.490 e. The summed E-state index contributed by atoms with van der Waals surface area (Å²) in [6, 6.07) is 10.9. The molecule has 0 unspecified atom stereocenters. The summed E-state index contributed by atoms with van der Waals surface area (Å²) in [6.07, 6.45) is 0.416. The summed E-state index contributed by atoms with van der Waals surface area (Å²) in [5, 5.41) is -0.0916. The Hall–Kier alpha value is -1.70. The lowest BCUT2D eigenvalue weighted by molar-refractivity contribution is -0.127. The third-order valence-electron chi connectivity index (χ3n) is 4.38. The van der Waals surface area contributed by atoms with Gasteiger partial charge in [0.05, 0.1) is 25.0 Å². The van der Waals surface area contributed by atoms with Gasteiger partial charge >= 0.3 is 0 Å². The Morgan fingerprint density at radius 3 is 2.31 bits per heavy atom. The fourth-order valence-electron chi connectivity index (χ4n) is 3.01. The predicted molar refractivity (Wildman–Crippen MR) is 119 cm³/mol. The van der Waals surface area contributed by atoms with Crippen molar-refractivity contribution in [2.24, 2.45) is 0 Å². The van der Waals surface area contributed by atoms with Gasteiger partial charge in [-0.3, -0.25) is 14.5 Å². The van der Waals surface area contributed by atoms with E-state index in [4.69, 9.17) is 21.1 Å². The number of imide groups is 1. The van der Waals surface area contributed by atoms with Crippen molar-refractivity contribution in [3.63, 3.8) is 0 Å². The van der Waals surface area contributed by atoms with E-state index in [-0.39, 0.29) is 17.7 Å². The number of nitrogens with zero attached hydrogens (tertiary/aromatic N) is 1. The van der Waals surface area contributed by atoms with Crippen LogP contribution in [0.2, 0.25) is 5.02 Å². The smallest absolute Gasteiger partial charge is 0.289 e. The molecule has 0 aromatic heterocycles. The molecule has 1 aliphatic heterocycles. The van der Waals surface area contributed by atoms with Crippen molar-refractivity contribution in [2.75, 3.05) is 13.2 Å². The Morgan fingerprint density at radius 1 is 1.07 bits per heavy atom. The number of rotatable bonds is 8. The van der Waals surface area contributed by atoms with Crippen LogP contribution < -0.4 is 9.47 Å². The highest BCUT2D eigenvalue weighted by molar-refractivity contribution is 9.10. The minimum Gasteiger partial charge on any atom is -0.490 e. The minimum absolute atomic E-state index is 0.186. The van der Waals surface area contributed by atoms with Crippen LogP contribution in [0.5, 0.6) is 11.5 Å². The molecule has 2 amide bonds. The number of amides is 2. The molecule has 0 N–H and O–H groups in total. The summed E-state index contributed by atoms with van der Waals surface area (Å²) < 4.78 is 12.1. The van der Waals surface area contributed by atoms with Gasteiger partial charge in [0.2, 0.25) is 5.91 Å². The molecule has 29 heavy (non-hydrogen) atoms. The second kappa shape index (κ2) is 9.87. The molecule has 1 saturated heterocycles. The first-order valence-corrected chi connectivity index (χ1v) is 11.3. The van der Waals surface area contributed by atoms with Gasteiger partial charge in [0.1, 0.15) is 0 Å². The normalized spacial score (nSPS) is 16.4. The molecule has 0 radical (unpaired) electrons. The molecule has 8 heteroatoms. The molecule has 0 aliphatic carbocycles. The van der Waals surface area contributed by atoms with Gasteiger partial charge in [-0.1, -0.05) is 51.4 Å². The minimum atomic E-state index is -0.474. The lowest BCUT2D eigenvalue weighted by atomic mass is 10.1. The number of benzene rings is 2. The summed E-state index contributed by atoms with van der Waals surface area (Å²) in [7, 11) is 0. The van der Waals surface area contributed by atoms with Gasteiger partial charge in [-0.05, 0) is 55.7 Å². The van der Waals surface area contributed by atoms with E-state index < -0.39 is 5.25 Å². The zero-order chi connectivity index (χ0) is 21.0. The summed E-state index contributed by atoms with van der Waals surface area (Å²) in [5.74, 6) is 1.09. The van der Waals surface area contributed by atoms with E-state index in [1.54, 1.807) is 12.1 Å². The summed E-state index contributed by atoms with van der Waals surface area (Å²) in [4.78, 5) is 26.6. The van der Waals surface area contributed by atoms with Crippen molar-refractivity contribution >= 4 is 50.4 Å². The standard InChI is InChI=1S/C21H21BrClNO4S/c1-3-27-17-9-14(16(22)11-18(17)28-4-2)10-19-20(25)24(21(26)29-19)12-13-5-7-15(23)8-6-13/h5-9,11,19H,3-4,10,12H2,1-2H3/t19-/m0/s1.